The first-order chi connectivity index (χ1) is 14.5. The van der Waals surface area contributed by atoms with Crippen LogP contribution >= 0.6 is 0 Å². The van der Waals surface area contributed by atoms with Crippen molar-refractivity contribution >= 4 is 39.7 Å². The van der Waals surface area contributed by atoms with Gasteiger partial charge in [0.1, 0.15) is 11.2 Å². The molecule has 4 N–H and O–H groups in total. The van der Waals surface area contributed by atoms with Crippen LogP contribution in [0, 0.1) is 0 Å². The summed E-state index contributed by atoms with van der Waals surface area (Å²) in [6.07, 6.45) is 1.77. The number of hydrogen-bond donors (Lipinski definition) is 4. The lowest BCUT2D eigenvalue weighted by atomic mass is 10.1. The molecular formula is C21H23N7O2. The van der Waals surface area contributed by atoms with Gasteiger partial charge in [-0.25, -0.2) is 9.97 Å². The highest BCUT2D eigenvalue weighted by Crippen LogP contribution is 2.31. The maximum absolute atomic E-state index is 12.4. The highest BCUT2D eigenvalue weighted by atomic mass is 16.2. The summed E-state index contributed by atoms with van der Waals surface area (Å²) in [6, 6.07) is 9.40. The standard InChI is InChI=1S/C21H23N7O2/c1-12(29)23-7-8-24-21(30)14-6-4-5-13(9-14)16-10-15-18-17(25-11-28(18)3)20(22-2)27-19(15)26-16/h4-6,9-11H,7-8H2,1-3H3,(H,23,29)(H,24,30)(H2,22,26,27). The molecule has 0 radical (unpaired) electrons. The fourth-order valence-electron chi connectivity index (χ4n) is 3.47. The van der Waals surface area contributed by atoms with Gasteiger partial charge in [0, 0.05) is 50.8 Å². The number of carbonyl (C=O) groups excluding carboxylic acids is 2. The van der Waals surface area contributed by atoms with Crippen LogP contribution in [0.15, 0.2) is 36.7 Å². The number of imidazole rings is 1. The minimum atomic E-state index is -0.192. The molecule has 0 aliphatic rings. The van der Waals surface area contributed by atoms with Gasteiger partial charge in [0.25, 0.3) is 5.91 Å². The molecule has 4 aromatic rings. The third kappa shape index (κ3) is 3.57. The van der Waals surface area contributed by atoms with E-state index < -0.39 is 0 Å². The second-order valence-corrected chi connectivity index (χ2v) is 7.03. The molecule has 9 heteroatoms. The Morgan fingerprint density at radius 1 is 1.17 bits per heavy atom. The van der Waals surface area contributed by atoms with Crippen molar-refractivity contribution in [2.75, 3.05) is 25.5 Å². The van der Waals surface area contributed by atoms with Crippen molar-refractivity contribution < 1.29 is 9.59 Å². The number of amides is 2. The van der Waals surface area contributed by atoms with E-state index in [1.807, 2.05) is 42.9 Å². The van der Waals surface area contributed by atoms with Crippen LogP contribution in [0.3, 0.4) is 0 Å². The Bertz CT molecular complexity index is 1260. The van der Waals surface area contributed by atoms with Crippen molar-refractivity contribution in [2.45, 2.75) is 6.92 Å². The third-order valence-corrected chi connectivity index (χ3v) is 4.89. The Labute approximate surface area is 172 Å². The fraction of sp³-hybridized carbons (Fsp3) is 0.238. The van der Waals surface area contributed by atoms with Gasteiger partial charge in [-0.05, 0) is 23.8 Å². The Morgan fingerprint density at radius 3 is 2.73 bits per heavy atom. The number of aromatic nitrogens is 4. The number of fused-ring (bicyclic) bond motifs is 3. The van der Waals surface area contributed by atoms with Crippen molar-refractivity contribution in [2.24, 2.45) is 7.05 Å². The summed E-state index contributed by atoms with van der Waals surface area (Å²) in [5.41, 5.74) is 4.83. The van der Waals surface area contributed by atoms with Crippen LogP contribution in [0.25, 0.3) is 33.3 Å². The monoisotopic (exact) mass is 405 g/mol. The number of aromatic amines is 1. The van der Waals surface area contributed by atoms with Gasteiger partial charge in [0.15, 0.2) is 5.82 Å². The molecule has 0 fully saturated rings. The number of aryl methyl sites for hydroxylation is 1. The van der Waals surface area contributed by atoms with E-state index in [-0.39, 0.29) is 11.8 Å². The lowest BCUT2D eigenvalue weighted by molar-refractivity contribution is -0.118. The zero-order chi connectivity index (χ0) is 21.3. The van der Waals surface area contributed by atoms with Crippen LogP contribution in [-0.4, -0.2) is 51.5 Å². The van der Waals surface area contributed by atoms with Crippen molar-refractivity contribution in [1.29, 1.82) is 0 Å². The van der Waals surface area contributed by atoms with E-state index in [1.165, 1.54) is 6.92 Å². The zero-order valence-corrected chi connectivity index (χ0v) is 17.0. The van der Waals surface area contributed by atoms with Crippen molar-refractivity contribution in [3.8, 4) is 11.3 Å². The van der Waals surface area contributed by atoms with Gasteiger partial charge in [-0.1, -0.05) is 12.1 Å². The summed E-state index contributed by atoms with van der Waals surface area (Å²) in [5, 5.41) is 9.52. The topological polar surface area (TPSA) is 117 Å². The maximum atomic E-state index is 12.4. The number of anilines is 1. The first kappa shape index (κ1) is 19.4. The van der Waals surface area contributed by atoms with Crippen LogP contribution in [0.5, 0.6) is 0 Å². The van der Waals surface area contributed by atoms with E-state index in [0.29, 0.717) is 24.5 Å². The molecule has 0 unspecified atom stereocenters. The molecule has 0 aliphatic heterocycles. The molecule has 0 bridgehead atoms. The molecule has 1 aromatic carbocycles. The summed E-state index contributed by atoms with van der Waals surface area (Å²) in [7, 11) is 3.77. The molecule has 0 saturated heterocycles. The van der Waals surface area contributed by atoms with Crippen LogP contribution in [0.2, 0.25) is 0 Å². The number of H-pyrrole nitrogens is 1. The van der Waals surface area contributed by atoms with Crippen LogP contribution in [0.1, 0.15) is 17.3 Å². The second-order valence-electron chi connectivity index (χ2n) is 7.03. The lowest BCUT2D eigenvalue weighted by Crippen LogP contribution is -2.33. The van der Waals surface area contributed by atoms with E-state index in [0.717, 1.165) is 33.3 Å². The molecule has 154 valence electrons. The van der Waals surface area contributed by atoms with Gasteiger partial charge < -0.3 is 25.5 Å². The average Bonchev–Trinajstić information content (AvgIpc) is 3.34. The van der Waals surface area contributed by atoms with Crippen molar-refractivity contribution in [3.05, 3.63) is 42.2 Å². The number of nitrogens with one attached hydrogen (secondary N) is 4. The number of pyridine rings is 1. The summed E-state index contributed by atoms with van der Waals surface area (Å²) >= 11 is 0. The van der Waals surface area contributed by atoms with E-state index in [2.05, 4.69) is 30.9 Å². The van der Waals surface area contributed by atoms with Crippen molar-refractivity contribution in [1.82, 2.24) is 30.2 Å². The van der Waals surface area contributed by atoms with Gasteiger partial charge in [0.2, 0.25) is 5.91 Å². The Morgan fingerprint density at radius 2 is 1.97 bits per heavy atom. The van der Waals surface area contributed by atoms with Crippen molar-refractivity contribution in [3.63, 3.8) is 0 Å². The van der Waals surface area contributed by atoms with Crippen LogP contribution in [-0.2, 0) is 11.8 Å². The summed E-state index contributed by atoms with van der Waals surface area (Å²) < 4.78 is 1.97. The first-order valence-electron chi connectivity index (χ1n) is 9.62. The molecular weight excluding hydrogens is 382 g/mol. The smallest absolute Gasteiger partial charge is 0.251 e. The SMILES string of the molecule is CNc1nc2[nH]c(-c3cccc(C(=O)NCCNC(C)=O)c3)cc2c2c1ncn2C. The highest BCUT2D eigenvalue weighted by molar-refractivity contribution is 6.07. The van der Waals surface area contributed by atoms with E-state index >= 15 is 0 Å². The van der Waals surface area contributed by atoms with Gasteiger partial charge in [0.05, 0.1) is 11.8 Å². The maximum Gasteiger partial charge on any atom is 0.251 e. The number of rotatable bonds is 6. The average molecular weight is 405 g/mol. The highest BCUT2D eigenvalue weighted by Gasteiger charge is 2.15. The fourth-order valence-corrected chi connectivity index (χ4v) is 3.47. The molecule has 0 saturated carbocycles. The molecule has 30 heavy (non-hydrogen) atoms. The molecule has 3 aromatic heterocycles. The van der Waals surface area contributed by atoms with Gasteiger partial charge >= 0.3 is 0 Å². The molecule has 2 amide bonds. The zero-order valence-electron chi connectivity index (χ0n) is 17.0. The van der Waals surface area contributed by atoms with Gasteiger partial charge in [-0.2, -0.15) is 0 Å². The predicted molar refractivity (Wildman–Crippen MR) is 116 cm³/mol. The minimum Gasteiger partial charge on any atom is -0.371 e. The van der Waals surface area contributed by atoms with E-state index in [9.17, 15) is 9.59 Å². The Balaban J connectivity index is 1.65. The summed E-state index contributed by atoms with van der Waals surface area (Å²) in [6.45, 7) is 2.20. The lowest BCUT2D eigenvalue weighted by Gasteiger charge is -2.07. The van der Waals surface area contributed by atoms with Gasteiger partial charge in [-0.15, -0.1) is 0 Å². The van der Waals surface area contributed by atoms with Gasteiger partial charge in [-0.3, -0.25) is 9.59 Å². The number of benzene rings is 1. The number of carbonyl (C=O) groups is 2. The third-order valence-electron chi connectivity index (χ3n) is 4.89. The minimum absolute atomic E-state index is 0.123. The Hall–Kier alpha value is -3.88. The largest absolute Gasteiger partial charge is 0.371 e. The molecule has 3 heterocycles. The summed E-state index contributed by atoms with van der Waals surface area (Å²) in [4.78, 5) is 35.8. The molecule has 9 nitrogen and oxygen atoms in total. The number of nitrogens with zero attached hydrogens (tertiary/aromatic N) is 3. The van der Waals surface area contributed by atoms with Crippen LogP contribution in [0.4, 0.5) is 5.82 Å². The summed E-state index contributed by atoms with van der Waals surface area (Å²) in [5.74, 6) is 0.393. The van der Waals surface area contributed by atoms with E-state index in [1.54, 1.807) is 12.4 Å². The molecule has 0 aliphatic carbocycles. The van der Waals surface area contributed by atoms with Crippen LogP contribution < -0.4 is 16.0 Å². The molecule has 4 rings (SSSR count). The Kier molecular flexibility index (Phi) is 5.09. The molecule has 0 atom stereocenters. The molecule has 0 spiro atoms. The van der Waals surface area contributed by atoms with E-state index in [4.69, 9.17) is 0 Å². The normalized spacial score (nSPS) is 11.0. The second kappa shape index (κ2) is 7.86. The quantitative estimate of drug-likeness (QED) is 0.366. The predicted octanol–water partition coefficient (Wildman–Crippen LogP) is 2.02. The number of hydrogen-bond acceptors (Lipinski definition) is 5. The first-order valence-corrected chi connectivity index (χ1v) is 9.62.